The average Bonchev–Trinajstić information content (AvgIpc) is 2.49. The zero-order chi connectivity index (χ0) is 13.9. The van der Waals surface area contributed by atoms with Crippen LogP contribution in [0.15, 0.2) is 0 Å². The van der Waals surface area contributed by atoms with Crippen molar-refractivity contribution in [3.05, 3.63) is 0 Å². The molecule has 20 heavy (non-hydrogen) atoms. The molecular weight excluding hydrogens is 252 g/mol. The van der Waals surface area contributed by atoms with Gasteiger partial charge in [-0.3, -0.25) is 9.80 Å². The Labute approximate surface area is 122 Å². The molecule has 2 aliphatic carbocycles. The van der Waals surface area contributed by atoms with Crippen LogP contribution in [-0.2, 0) is 0 Å². The molecule has 0 spiro atoms. The third-order valence-electron chi connectivity index (χ3n) is 5.67. The van der Waals surface area contributed by atoms with Gasteiger partial charge in [0.2, 0.25) is 0 Å². The maximum absolute atomic E-state index is 10.2. The van der Waals surface area contributed by atoms with E-state index in [1.54, 1.807) is 0 Å². The summed E-state index contributed by atoms with van der Waals surface area (Å²) in [5.41, 5.74) is 0. The Kier molecular flexibility index (Phi) is 4.97. The molecule has 1 aliphatic heterocycles. The van der Waals surface area contributed by atoms with E-state index in [1.807, 2.05) is 0 Å². The summed E-state index contributed by atoms with van der Waals surface area (Å²) in [6, 6.07) is 0.782. The van der Waals surface area contributed by atoms with E-state index in [9.17, 15) is 10.2 Å². The summed E-state index contributed by atoms with van der Waals surface area (Å²) in [6.45, 7) is 4.24. The number of rotatable bonds is 2. The molecule has 3 fully saturated rings. The van der Waals surface area contributed by atoms with Crippen LogP contribution in [-0.4, -0.2) is 70.5 Å². The van der Waals surface area contributed by atoms with Crippen molar-refractivity contribution < 1.29 is 10.2 Å². The third-order valence-corrected chi connectivity index (χ3v) is 5.67. The Hall–Kier alpha value is -0.160. The Balaban J connectivity index is 1.51. The number of hydrogen-bond donors (Lipinski definition) is 2. The summed E-state index contributed by atoms with van der Waals surface area (Å²) in [7, 11) is 0. The van der Waals surface area contributed by atoms with E-state index < -0.39 is 0 Å². The second-order valence-corrected chi connectivity index (χ2v) is 6.91. The third kappa shape index (κ3) is 3.19. The second kappa shape index (κ2) is 6.73. The topological polar surface area (TPSA) is 46.9 Å². The van der Waals surface area contributed by atoms with Crippen molar-refractivity contribution in [2.45, 2.75) is 75.7 Å². The summed E-state index contributed by atoms with van der Waals surface area (Å²) >= 11 is 0. The zero-order valence-electron chi connectivity index (χ0n) is 12.6. The van der Waals surface area contributed by atoms with E-state index in [0.29, 0.717) is 12.1 Å². The molecule has 4 atom stereocenters. The van der Waals surface area contributed by atoms with Gasteiger partial charge in [-0.2, -0.15) is 0 Å². The van der Waals surface area contributed by atoms with Crippen molar-refractivity contribution in [1.29, 1.82) is 0 Å². The van der Waals surface area contributed by atoms with Crippen LogP contribution < -0.4 is 0 Å². The summed E-state index contributed by atoms with van der Waals surface area (Å²) < 4.78 is 0. The van der Waals surface area contributed by atoms with Crippen molar-refractivity contribution in [3.63, 3.8) is 0 Å². The molecule has 2 saturated carbocycles. The molecule has 4 heteroatoms. The van der Waals surface area contributed by atoms with Gasteiger partial charge in [0, 0.05) is 38.3 Å². The Morgan fingerprint density at radius 3 is 1.25 bits per heavy atom. The summed E-state index contributed by atoms with van der Waals surface area (Å²) in [5, 5.41) is 20.4. The first-order chi connectivity index (χ1) is 9.75. The van der Waals surface area contributed by atoms with Gasteiger partial charge < -0.3 is 10.2 Å². The van der Waals surface area contributed by atoms with Crippen molar-refractivity contribution in [2.75, 3.05) is 26.2 Å². The summed E-state index contributed by atoms with van der Waals surface area (Å²) in [4.78, 5) is 4.99. The normalized spacial score (nSPS) is 41.7. The fourth-order valence-corrected chi connectivity index (χ4v) is 4.44. The van der Waals surface area contributed by atoms with Crippen LogP contribution in [0.3, 0.4) is 0 Å². The van der Waals surface area contributed by atoms with Gasteiger partial charge in [0.15, 0.2) is 0 Å². The van der Waals surface area contributed by atoms with Gasteiger partial charge in [-0.25, -0.2) is 0 Å². The van der Waals surface area contributed by atoms with Gasteiger partial charge in [-0.05, 0) is 25.7 Å². The molecule has 0 aromatic heterocycles. The maximum Gasteiger partial charge on any atom is 0.0695 e. The lowest BCUT2D eigenvalue weighted by molar-refractivity contribution is -0.0369. The first kappa shape index (κ1) is 14.8. The van der Waals surface area contributed by atoms with Crippen molar-refractivity contribution in [3.8, 4) is 0 Å². The van der Waals surface area contributed by atoms with Crippen LogP contribution in [0.4, 0.5) is 0 Å². The average molecular weight is 282 g/mol. The minimum Gasteiger partial charge on any atom is -0.391 e. The predicted molar refractivity (Wildman–Crippen MR) is 79.7 cm³/mol. The Bertz CT molecular complexity index is 275. The molecule has 1 heterocycles. The van der Waals surface area contributed by atoms with Crippen molar-refractivity contribution >= 4 is 0 Å². The lowest BCUT2D eigenvalue weighted by Gasteiger charge is -2.46. The highest BCUT2D eigenvalue weighted by atomic mass is 16.3. The SMILES string of the molecule is OC1CCCCC1N1CCN(C2CCCCC2O)CC1. The number of piperazine rings is 1. The number of aliphatic hydroxyl groups is 2. The van der Waals surface area contributed by atoms with Crippen LogP contribution in [0.25, 0.3) is 0 Å². The van der Waals surface area contributed by atoms with Crippen molar-refractivity contribution in [1.82, 2.24) is 9.80 Å². The molecule has 0 aromatic rings. The van der Waals surface area contributed by atoms with Gasteiger partial charge in [0.1, 0.15) is 0 Å². The van der Waals surface area contributed by atoms with Crippen molar-refractivity contribution in [2.24, 2.45) is 0 Å². The number of nitrogens with zero attached hydrogens (tertiary/aromatic N) is 2. The fraction of sp³-hybridized carbons (Fsp3) is 1.00. The second-order valence-electron chi connectivity index (χ2n) is 6.91. The summed E-state index contributed by atoms with van der Waals surface area (Å²) in [6.07, 6.45) is 8.95. The van der Waals surface area contributed by atoms with Gasteiger partial charge in [0.25, 0.3) is 0 Å². The quantitative estimate of drug-likeness (QED) is 0.799. The Morgan fingerprint density at radius 2 is 0.900 bits per heavy atom. The molecule has 0 amide bonds. The monoisotopic (exact) mass is 282 g/mol. The van der Waals surface area contributed by atoms with E-state index >= 15 is 0 Å². The molecule has 0 bridgehead atoms. The van der Waals surface area contributed by atoms with Crippen LogP contribution in [0.5, 0.6) is 0 Å². The molecule has 4 unspecified atom stereocenters. The molecule has 4 nitrogen and oxygen atoms in total. The molecule has 1 saturated heterocycles. The maximum atomic E-state index is 10.2. The molecule has 3 rings (SSSR count). The Morgan fingerprint density at radius 1 is 0.550 bits per heavy atom. The number of aliphatic hydroxyl groups excluding tert-OH is 2. The minimum atomic E-state index is -0.115. The lowest BCUT2D eigenvalue weighted by atomic mass is 9.89. The lowest BCUT2D eigenvalue weighted by Crippen LogP contribution is -2.58. The van der Waals surface area contributed by atoms with Gasteiger partial charge in [0.05, 0.1) is 12.2 Å². The first-order valence-electron chi connectivity index (χ1n) is 8.60. The van der Waals surface area contributed by atoms with Gasteiger partial charge in [-0.15, -0.1) is 0 Å². The van der Waals surface area contributed by atoms with Crippen LogP contribution >= 0.6 is 0 Å². The minimum absolute atomic E-state index is 0.115. The molecule has 3 aliphatic rings. The van der Waals surface area contributed by atoms with Crippen LogP contribution in [0, 0.1) is 0 Å². The molecule has 2 N–H and O–H groups in total. The molecule has 116 valence electrons. The number of hydrogen-bond acceptors (Lipinski definition) is 4. The highest BCUT2D eigenvalue weighted by molar-refractivity contribution is 4.90. The van der Waals surface area contributed by atoms with E-state index in [2.05, 4.69) is 9.80 Å². The molecule has 0 aromatic carbocycles. The predicted octanol–water partition coefficient (Wildman–Crippen LogP) is 1.21. The summed E-state index contributed by atoms with van der Waals surface area (Å²) in [5.74, 6) is 0. The van der Waals surface area contributed by atoms with Gasteiger partial charge in [-0.1, -0.05) is 25.7 Å². The smallest absolute Gasteiger partial charge is 0.0695 e. The van der Waals surface area contributed by atoms with E-state index in [1.165, 1.54) is 25.7 Å². The van der Waals surface area contributed by atoms with E-state index in [0.717, 1.165) is 51.9 Å². The zero-order valence-corrected chi connectivity index (χ0v) is 12.6. The van der Waals surface area contributed by atoms with Crippen LogP contribution in [0.2, 0.25) is 0 Å². The first-order valence-corrected chi connectivity index (χ1v) is 8.60. The fourth-order valence-electron chi connectivity index (χ4n) is 4.44. The molecule has 0 radical (unpaired) electrons. The van der Waals surface area contributed by atoms with Crippen LogP contribution in [0.1, 0.15) is 51.4 Å². The van der Waals surface area contributed by atoms with E-state index in [4.69, 9.17) is 0 Å². The molecular formula is C16H30N2O2. The van der Waals surface area contributed by atoms with Gasteiger partial charge >= 0.3 is 0 Å². The highest BCUT2D eigenvalue weighted by Gasteiger charge is 2.34. The highest BCUT2D eigenvalue weighted by Crippen LogP contribution is 2.27. The largest absolute Gasteiger partial charge is 0.391 e. The standard InChI is InChI=1S/C16H30N2O2/c19-15-7-3-1-5-13(15)17-9-11-18(12-10-17)14-6-2-4-8-16(14)20/h13-16,19-20H,1-12H2. The van der Waals surface area contributed by atoms with E-state index in [-0.39, 0.29) is 12.2 Å².